The van der Waals surface area contributed by atoms with Gasteiger partial charge in [0.1, 0.15) is 0 Å². The number of aromatic nitrogens is 1. The molecule has 1 aliphatic heterocycles. The van der Waals surface area contributed by atoms with E-state index >= 15 is 0 Å². The topological polar surface area (TPSA) is 120 Å². The van der Waals surface area contributed by atoms with Crippen LogP contribution in [0.2, 0.25) is 0 Å². The maximum Gasteiger partial charge on any atom is 0.376 e. The monoisotopic (exact) mass is 458 g/mol. The minimum absolute atomic E-state index is 0. The van der Waals surface area contributed by atoms with Crippen LogP contribution >= 0.6 is 15.2 Å². The summed E-state index contributed by atoms with van der Waals surface area (Å²) in [5.41, 5.74) is 1.54. The molecule has 0 aliphatic carbocycles. The van der Waals surface area contributed by atoms with Crippen molar-refractivity contribution in [3.8, 4) is 0 Å². The van der Waals surface area contributed by atoms with E-state index in [-0.39, 0.29) is 35.7 Å². The summed E-state index contributed by atoms with van der Waals surface area (Å²) in [5, 5.41) is 4.01. The van der Waals surface area contributed by atoms with Crippen LogP contribution < -0.4 is 5.44 Å². The predicted molar refractivity (Wildman–Crippen MR) is 102 cm³/mol. The smallest absolute Gasteiger partial charge is 0.376 e. The zero-order valence-corrected chi connectivity index (χ0v) is 18.6. The fourth-order valence-corrected chi connectivity index (χ4v) is 4.17. The molecule has 1 aromatic rings. The maximum absolute atomic E-state index is 11.5. The van der Waals surface area contributed by atoms with Gasteiger partial charge in [-0.3, -0.25) is 9.13 Å². The quantitative estimate of drug-likeness (QED) is 0.494. The molecule has 27 heavy (non-hydrogen) atoms. The first kappa shape index (κ1) is 26.2. The van der Waals surface area contributed by atoms with Gasteiger partial charge >= 0.3 is 15.2 Å². The van der Waals surface area contributed by atoms with E-state index in [1.54, 1.807) is 58.1 Å². The fourth-order valence-electron chi connectivity index (χ4n) is 1.96. The third-order valence-electron chi connectivity index (χ3n) is 3.07. The SMILES string of the molecule is CCOP(=O)(O)C1C=CC=C(C)[N-]1.CCOP(=O)(O)c1cccc(C)n1.[Mn]. The second-order valence-electron chi connectivity index (χ2n) is 5.29. The summed E-state index contributed by atoms with van der Waals surface area (Å²) in [6.07, 6.45) is 5.07. The summed E-state index contributed by atoms with van der Waals surface area (Å²) in [4.78, 5) is 22.7. The molecule has 1 aliphatic rings. The van der Waals surface area contributed by atoms with Crippen LogP contribution in [0.5, 0.6) is 0 Å². The number of rotatable bonds is 6. The Morgan fingerprint density at radius 3 is 2.30 bits per heavy atom. The molecule has 0 aromatic carbocycles. The summed E-state index contributed by atoms with van der Waals surface area (Å²) < 4.78 is 32.4. The number of nitrogens with zero attached hydrogens (tertiary/aromatic N) is 2. The molecule has 1 aromatic heterocycles. The normalized spacial score (nSPS) is 19.9. The van der Waals surface area contributed by atoms with E-state index in [2.05, 4.69) is 10.3 Å². The van der Waals surface area contributed by atoms with Gasteiger partial charge in [0, 0.05) is 28.5 Å². The van der Waals surface area contributed by atoms with Crippen LogP contribution in [0.4, 0.5) is 0 Å². The Bertz CT molecular complexity index is 756. The van der Waals surface area contributed by atoms with Gasteiger partial charge in [-0.1, -0.05) is 31.2 Å². The van der Waals surface area contributed by atoms with Crippen LogP contribution in [0.3, 0.4) is 0 Å². The standard InChI is InChI=1S/C8H13NO3P.C8H12NO3P.Mn/c2*1-3-12-13(10,11)8-6-4-5-7(2)9-8;/h4-6,8H,3H2,1-2H3,(H,10,11);4-6H,3H2,1-2H3,(H,10,11);/q-1;;. The third-order valence-corrected chi connectivity index (χ3v) is 6.09. The van der Waals surface area contributed by atoms with Crippen LogP contribution in [0.25, 0.3) is 5.32 Å². The van der Waals surface area contributed by atoms with Crippen molar-refractivity contribution in [3.05, 3.63) is 53.1 Å². The molecule has 0 spiro atoms. The van der Waals surface area contributed by atoms with E-state index < -0.39 is 21.0 Å². The molecule has 0 amide bonds. The number of hydrogen-bond acceptors (Lipinski definition) is 5. The first-order valence-electron chi connectivity index (χ1n) is 8.07. The molecule has 2 rings (SSSR count). The maximum atomic E-state index is 11.5. The molecule has 0 saturated carbocycles. The van der Waals surface area contributed by atoms with E-state index in [0.717, 1.165) is 5.70 Å². The van der Waals surface area contributed by atoms with E-state index in [9.17, 15) is 18.9 Å². The van der Waals surface area contributed by atoms with Gasteiger partial charge in [-0.05, 0) is 32.9 Å². The van der Waals surface area contributed by atoms with Crippen LogP contribution in [0.15, 0.2) is 42.1 Å². The van der Waals surface area contributed by atoms with Crippen molar-refractivity contribution in [1.29, 1.82) is 0 Å². The molecule has 153 valence electrons. The Morgan fingerprint density at radius 1 is 1.15 bits per heavy atom. The van der Waals surface area contributed by atoms with Gasteiger partial charge in [0.2, 0.25) is 0 Å². The Kier molecular flexibility index (Phi) is 11.6. The zero-order chi connectivity index (χ0) is 19.8. The minimum atomic E-state index is -3.68. The minimum Gasteiger partial charge on any atom is -0.672 e. The molecule has 1 radical (unpaired) electrons. The molecule has 0 fully saturated rings. The largest absolute Gasteiger partial charge is 0.672 e. The second kappa shape index (κ2) is 11.9. The van der Waals surface area contributed by atoms with Crippen LogP contribution in [0, 0.1) is 6.92 Å². The summed E-state index contributed by atoms with van der Waals surface area (Å²) >= 11 is 0. The molecule has 3 unspecified atom stereocenters. The van der Waals surface area contributed by atoms with Crippen molar-refractivity contribution >= 4 is 20.6 Å². The van der Waals surface area contributed by atoms with E-state index in [0.29, 0.717) is 5.69 Å². The van der Waals surface area contributed by atoms with E-state index in [4.69, 9.17) is 9.05 Å². The Hall–Kier alpha value is -0.751. The Labute approximate surface area is 170 Å². The molecule has 2 N–H and O–H groups in total. The summed E-state index contributed by atoms with van der Waals surface area (Å²) in [6, 6.07) is 4.93. The summed E-state index contributed by atoms with van der Waals surface area (Å²) in [7, 11) is -7.28. The van der Waals surface area contributed by atoms with Crippen molar-refractivity contribution < 1.29 is 45.0 Å². The number of pyridine rings is 1. The van der Waals surface area contributed by atoms with Crippen molar-refractivity contribution in [2.75, 3.05) is 13.2 Å². The van der Waals surface area contributed by atoms with Gasteiger partial charge in [-0.2, -0.15) is 5.70 Å². The van der Waals surface area contributed by atoms with Crippen molar-refractivity contribution in [3.63, 3.8) is 0 Å². The number of hydrogen-bond donors (Lipinski definition) is 2. The number of aryl methyl sites for hydroxylation is 1. The average molecular weight is 458 g/mol. The molecule has 2 heterocycles. The molecule has 3 atom stereocenters. The average Bonchev–Trinajstić information content (AvgIpc) is 2.55. The third kappa shape index (κ3) is 8.86. The van der Waals surface area contributed by atoms with Gasteiger partial charge in [0.15, 0.2) is 5.44 Å². The van der Waals surface area contributed by atoms with Gasteiger partial charge in [-0.15, -0.1) is 0 Å². The van der Waals surface area contributed by atoms with Crippen LogP contribution in [-0.2, 0) is 35.2 Å². The predicted octanol–water partition coefficient (Wildman–Crippen LogP) is 3.62. The summed E-state index contributed by atoms with van der Waals surface area (Å²) in [6.45, 7) is 7.30. The fraction of sp³-hybridized carbons (Fsp3) is 0.438. The first-order valence-corrected chi connectivity index (χ1v) is 11.3. The van der Waals surface area contributed by atoms with Crippen molar-refractivity contribution in [2.24, 2.45) is 0 Å². The first-order chi connectivity index (χ1) is 12.1. The molecule has 11 heteroatoms. The zero-order valence-electron chi connectivity index (χ0n) is 15.6. The molecule has 0 saturated heterocycles. The second-order valence-corrected chi connectivity index (χ2v) is 8.97. The van der Waals surface area contributed by atoms with Gasteiger partial charge < -0.3 is 24.2 Å². The number of allylic oxidation sites excluding steroid dienone is 3. The summed E-state index contributed by atoms with van der Waals surface area (Å²) in [5.74, 6) is -0.738. The molecular formula is C16H25MnN2O6P2-. The van der Waals surface area contributed by atoms with Gasteiger partial charge in [0.05, 0.1) is 13.2 Å². The molecule has 0 bridgehead atoms. The molecule has 8 nitrogen and oxygen atoms in total. The van der Waals surface area contributed by atoms with Crippen molar-refractivity contribution in [1.82, 2.24) is 4.98 Å². The van der Waals surface area contributed by atoms with E-state index in [1.165, 1.54) is 6.07 Å². The van der Waals surface area contributed by atoms with E-state index in [1.807, 2.05) is 0 Å². The van der Waals surface area contributed by atoms with Crippen molar-refractivity contribution in [2.45, 2.75) is 33.5 Å². The van der Waals surface area contributed by atoms with Gasteiger partial charge in [0.25, 0.3) is 0 Å². The van der Waals surface area contributed by atoms with Crippen LogP contribution in [0.1, 0.15) is 26.5 Å². The Balaban J connectivity index is 0.000000483. The van der Waals surface area contributed by atoms with Crippen LogP contribution in [-0.4, -0.2) is 33.8 Å². The van der Waals surface area contributed by atoms with Gasteiger partial charge in [-0.25, -0.2) is 4.98 Å². The Morgan fingerprint density at radius 2 is 1.78 bits per heavy atom. The molecular weight excluding hydrogens is 433 g/mol.